The van der Waals surface area contributed by atoms with Crippen molar-refractivity contribution in [2.75, 3.05) is 0 Å². The molecule has 2 heteroatoms. The van der Waals surface area contributed by atoms with Crippen LogP contribution in [0, 0.1) is 0 Å². The van der Waals surface area contributed by atoms with E-state index in [2.05, 4.69) is 55.1 Å². The van der Waals surface area contributed by atoms with E-state index in [1.54, 1.807) is 0 Å². The molecule has 1 atom stereocenters. The lowest BCUT2D eigenvalue weighted by Crippen LogP contribution is -2.08. The first kappa shape index (κ1) is 13.1. The highest BCUT2D eigenvalue weighted by Crippen LogP contribution is 2.23. The largest absolute Gasteiger partial charge is 0.252 e. The van der Waals surface area contributed by atoms with E-state index >= 15 is 0 Å². The van der Waals surface area contributed by atoms with Crippen LogP contribution in [-0.2, 0) is 11.3 Å². The van der Waals surface area contributed by atoms with Gasteiger partial charge in [0.1, 0.15) is 0 Å². The highest BCUT2D eigenvalue weighted by Gasteiger charge is 2.05. The molecule has 0 heterocycles. The van der Waals surface area contributed by atoms with Crippen LogP contribution in [0.5, 0.6) is 0 Å². The van der Waals surface area contributed by atoms with Crippen LogP contribution < -0.4 is 0 Å². The lowest BCUT2D eigenvalue weighted by Gasteiger charge is -2.10. The maximum absolute atomic E-state index is 8.61. The van der Waals surface area contributed by atoms with Gasteiger partial charge in [0.2, 0.25) is 0 Å². The van der Waals surface area contributed by atoms with Gasteiger partial charge in [-0.25, -0.2) is 4.89 Å². The molecule has 2 aromatic rings. The van der Waals surface area contributed by atoms with Gasteiger partial charge in [0.05, 0.1) is 6.10 Å². The van der Waals surface area contributed by atoms with Crippen LogP contribution in [0.2, 0.25) is 0 Å². The summed E-state index contributed by atoms with van der Waals surface area (Å²) in [5.41, 5.74) is 2.55. The second-order valence-electron chi connectivity index (χ2n) is 5.22. The van der Waals surface area contributed by atoms with Crippen LogP contribution in [0.1, 0.15) is 37.8 Å². The molecule has 0 saturated heterocycles. The Labute approximate surface area is 108 Å². The summed E-state index contributed by atoms with van der Waals surface area (Å²) in [7, 11) is 0. The summed E-state index contributed by atoms with van der Waals surface area (Å²) in [5.74, 6) is 0.553. The molecule has 0 bridgehead atoms. The van der Waals surface area contributed by atoms with Gasteiger partial charge in [-0.05, 0) is 34.7 Å². The molecule has 0 spiro atoms. The molecule has 96 valence electrons. The van der Waals surface area contributed by atoms with Crippen molar-refractivity contribution in [3.8, 4) is 0 Å². The van der Waals surface area contributed by atoms with Crippen molar-refractivity contribution in [2.45, 2.75) is 39.2 Å². The fourth-order valence-corrected chi connectivity index (χ4v) is 2.17. The first-order valence-electron chi connectivity index (χ1n) is 6.43. The van der Waals surface area contributed by atoms with Crippen LogP contribution in [0.4, 0.5) is 0 Å². The molecule has 2 nitrogen and oxygen atoms in total. The Kier molecular flexibility index (Phi) is 4.00. The summed E-state index contributed by atoms with van der Waals surface area (Å²) in [6, 6.07) is 13.0. The van der Waals surface area contributed by atoms with Crippen LogP contribution in [0.3, 0.4) is 0 Å². The molecule has 1 unspecified atom stereocenters. The Hall–Kier alpha value is -1.38. The van der Waals surface area contributed by atoms with Crippen LogP contribution in [0.15, 0.2) is 36.4 Å². The zero-order chi connectivity index (χ0) is 13.1. The average Bonchev–Trinajstić information content (AvgIpc) is 2.37. The number of fused-ring (bicyclic) bond motifs is 1. The number of benzene rings is 2. The quantitative estimate of drug-likeness (QED) is 0.638. The van der Waals surface area contributed by atoms with Gasteiger partial charge in [0, 0.05) is 6.42 Å². The molecule has 0 aromatic heterocycles. The van der Waals surface area contributed by atoms with Gasteiger partial charge < -0.3 is 0 Å². The normalized spacial score (nSPS) is 13.2. The standard InChI is InChI=1S/C16H20O2/c1-11(2)14-6-7-15-9-13(8-12(3)18-17)4-5-16(15)10-14/h4-7,9-12,17H,8H2,1-3H3. The molecule has 0 fully saturated rings. The van der Waals surface area contributed by atoms with Gasteiger partial charge in [-0.2, -0.15) is 0 Å². The molecule has 2 rings (SSSR count). The van der Waals surface area contributed by atoms with Gasteiger partial charge >= 0.3 is 0 Å². The molecule has 18 heavy (non-hydrogen) atoms. The molecule has 0 radical (unpaired) electrons. The second-order valence-corrected chi connectivity index (χ2v) is 5.22. The molecule has 0 aliphatic carbocycles. The smallest absolute Gasteiger partial charge is 0.0939 e. The molecule has 0 amide bonds. The minimum Gasteiger partial charge on any atom is -0.252 e. The van der Waals surface area contributed by atoms with Crippen LogP contribution >= 0.6 is 0 Å². The molecule has 0 aliphatic rings. The van der Waals surface area contributed by atoms with Crippen molar-refractivity contribution in [3.05, 3.63) is 47.5 Å². The fraction of sp³-hybridized carbons (Fsp3) is 0.375. The second kappa shape index (κ2) is 5.51. The van der Waals surface area contributed by atoms with Crippen molar-refractivity contribution < 1.29 is 10.1 Å². The third-order valence-electron chi connectivity index (χ3n) is 3.30. The van der Waals surface area contributed by atoms with Crippen molar-refractivity contribution in [1.82, 2.24) is 0 Å². The fourth-order valence-electron chi connectivity index (χ4n) is 2.17. The monoisotopic (exact) mass is 244 g/mol. The third-order valence-corrected chi connectivity index (χ3v) is 3.30. The van der Waals surface area contributed by atoms with E-state index in [4.69, 9.17) is 5.26 Å². The van der Waals surface area contributed by atoms with Gasteiger partial charge in [-0.3, -0.25) is 5.26 Å². The maximum Gasteiger partial charge on any atom is 0.0939 e. The first-order chi connectivity index (χ1) is 8.60. The summed E-state index contributed by atoms with van der Waals surface area (Å²) < 4.78 is 0. The minimum atomic E-state index is -0.169. The van der Waals surface area contributed by atoms with Gasteiger partial charge in [-0.15, -0.1) is 0 Å². The number of hydrogen-bond donors (Lipinski definition) is 1. The van der Waals surface area contributed by atoms with E-state index in [-0.39, 0.29) is 6.10 Å². The minimum absolute atomic E-state index is 0.169. The number of hydrogen-bond acceptors (Lipinski definition) is 2. The zero-order valence-electron chi connectivity index (χ0n) is 11.2. The summed E-state index contributed by atoms with van der Waals surface area (Å²) in [5, 5.41) is 11.1. The maximum atomic E-state index is 8.61. The summed E-state index contributed by atoms with van der Waals surface area (Å²) >= 11 is 0. The molecule has 1 N–H and O–H groups in total. The molecule has 2 aromatic carbocycles. The van der Waals surface area contributed by atoms with Gasteiger partial charge in [-0.1, -0.05) is 50.2 Å². The Morgan fingerprint density at radius 2 is 1.67 bits per heavy atom. The van der Waals surface area contributed by atoms with E-state index in [9.17, 15) is 0 Å². The van der Waals surface area contributed by atoms with E-state index in [0.717, 1.165) is 6.42 Å². The van der Waals surface area contributed by atoms with E-state index in [0.29, 0.717) is 5.92 Å². The molecular weight excluding hydrogens is 224 g/mol. The highest BCUT2D eigenvalue weighted by molar-refractivity contribution is 5.84. The lowest BCUT2D eigenvalue weighted by atomic mass is 9.97. The molecular formula is C16H20O2. The Morgan fingerprint density at radius 1 is 1.00 bits per heavy atom. The molecule has 0 aliphatic heterocycles. The highest BCUT2D eigenvalue weighted by atomic mass is 17.1. The van der Waals surface area contributed by atoms with E-state index in [1.807, 2.05) is 6.92 Å². The first-order valence-corrected chi connectivity index (χ1v) is 6.43. The van der Waals surface area contributed by atoms with E-state index in [1.165, 1.54) is 21.9 Å². The summed E-state index contributed by atoms with van der Waals surface area (Å²) in [6.45, 7) is 6.26. The topological polar surface area (TPSA) is 29.5 Å². The Morgan fingerprint density at radius 3 is 2.33 bits per heavy atom. The number of rotatable bonds is 4. The summed E-state index contributed by atoms with van der Waals surface area (Å²) in [4.78, 5) is 4.32. The SMILES string of the molecule is CC(Cc1ccc2cc(C(C)C)ccc2c1)OO. The molecule has 0 saturated carbocycles. The van der Waals surface area contributed by atoms with E-state index < -0.39 is 0 Å². The van der Waals surface area contributed by atoms with Gasteiger partial charge in [0.15, 0.2) is 0 Å². The van der Waals surface area contributed by atoms with Crippen molar-refractivity contribution in [1.29, 1.82) is 0 Å². The Bertz CT molecular complexity index is 532. The third kappa shape index (κ3) is 2.89. The lowest BCUT2D eigenvalue weighted by molar-refractivity contribution is -0.273. The predicted molar refractivity (Wildman–Crippen MR) is 74.9 cm³/mol. The van der Waals surface area contributed by atoms with Crippen molar-refractivity contribution in [3.63, 3.8) is 0 Å². The predicted octanol–water partition coefficient (Wildman–Crippen LogP) is 4.38. The Balaban J connectivity index is 2.32. The van der Waals surface area contributed by atoms with Gasteiger partial charge in [0.25, 0.3) is 0 Å². The van der Waals surface area contributed by atoms with Crippen LogP contribution in [-0.4, -0.2) is 11.4 Å². The zero-order valence-corrected chi connectivity index (χ0v) is 11.2. The van der Waals surface area contributed by atoms with Crippen molar-refractivity contribution in [2.24, 2.45) is 0 Å². The van der Waals surface area contributed by atoms with Crippen LogP contribution in [0.25, 0.3) is 10.8 Å². The van der Waals surface area contributed by atoms with Crippen molar-refractivity contribution >= 4 is 10.8 Å². The average molecular weight is 244 g/mol. The summed E-state index contributed by atoms with van der Waals surface area (Å²) in [6.07, 6.45) is 0.552.